The van der Waals surface area contributed by atoms with E-state index in [1.807, 2.05) is 0 Å². The average Bonchev–Trinajstić information content (AvgIpc) is 2.41. The molecule has 19 heavy (non-hydrogen) atoms. The molecule has 1 unspecified atom stereocenters. The number of anilines is 1. The Morgan fingerprint density at radius 1 is 1.37 bits per heavy atom. The maximum absolute atomic E-state index is 12.1. The molecular weight excluding hydrogens is 240 g/mol. The summed E-state index contributed by atoms with van der Waals surface area (Å²) in [6.07, 6.45) is 4.37. The van der Waals surface area contributed by atoms with Gasteiger partial charge < -0.3 is 14.8 Å². The fourth-order valence-electron chi connectivity index (χ4n) is 2.11. The van der Waals surface area contributed by atoms with E-state index in [0.717, 1.165) is 32.6 Å². The van der Waals surface area contributed by atoms with E-state index in [1.165, 1.54) is 0 Å². The van der Waals surface area contributed by atoms with Crippen LogP contribution in [0.5, 0.6) is 0 Å². The van der Waals surface area contributed by atoms with Crippen molar-refractivity contribution in [2.45, 2.75) is 46.7 Å². The molecule has 108 valence electrons. The summed E-state index contributed by atoms with van der Waals surface area (Å²) in [6.45, 7) is 12.1. The van der Waals surface area contributed by atoms with Gasteiger partial charge in [-0.05, 0) is 26.4 Å². The molecule has 0 aromatic carbocycles. The second-order valence-corrected chi connectivity index (χ2v) is 4.81. The maximum Gasteiger partial charge on any atom is 0.293 e. The zero-order valence-corrected chi connectivity index (χ0v) is 12.5. The van der Waals surface area contributed by atoms with Crippen molar-refractivity contribution in [3.05, 3.63) is 22.7 Å². The van der Waals surface area contributed by atoms with E-state index in [-0.39, 0.29) is 11.6 Å². The van der Waals surface area contributed by atoms with Gasteiger partial charge in [-0.1, -0.05) is 20.8 Å². The SMILES string of the molecule is CCCn1ccnc(NC(C)CN(CC)CC)c1=O. The van der Waals surface area contributed by atoms with E-state index in [0.29, 0.717) is 5.82 Å². The van der Waals surface area contributed by atoms with Crippen LogP contribution in [0.2, 0.25) is 0 Å². The molecule has 0 aliphatic carbocycles. The van der Waals surface area contributed by atoms with Crippen LogP contribution in [0.15, 0.2) is 17.2 Å². The van der Waals surface area contributed by atoms with E-state index in [1.54, 1.807) is 17.0 Å². The van der Waals surface area contributed by atoms with Crippen LogP contribution < -0.4 is 10.9 Å². The molecule has 0 saturated carbocycles. The summed E-state index contributed by atoms with van der Waals surface area (Å²) in [7, 11) is 0. The fraction of sp³-hybridized carbons (Fsp3) is 0.714. The topological polar surface area (TPSA) is 50.2 Å². The van der Waals surface area contributed by atoms with Crippen LogP contribution in [-0.4, -0.2) is 40.1 Å². The number of hydrogen-bond donors (Lipinski definition) is 1. The first-order chi connectivity index (χ1) is 9.12. The lowest BCUT2D eigenvalue weighted by atomic mass is 10.3. The standard InChI is InChI=1S/C14H26N4O/c1-5-9-18-10-8-15-13(14(18)19)16-12(4)11-17(6-2)7-3/h8,10,12H,5-7,9,11H2,1-4H3,(H,15,16). The maximum atomic E-state index is 12.1. The van der Waals surface area contributed by atoms with Gasteiger partial charge in [-0.15, -0.1) is 0 Å². The van der Waals surface area contributed by atoms with Gasteiger partial charge >= 0.3 is 0 Å². The first-order valence-electron chi connectivity index (χ1n) is 7.16. The Balaban J connectivity index is 2.71. The van der Waals surface area contributed by atoms with Crippen LogP contribution in [0.4, 0.5) is 5.82 Å². The van der Waals surface area contributed by atoms with Crippen molar-refractivity contribution >= 4 is 5.82 Å². The number of hydrogen-bond acceptors (Lipinski definition) is 4. The van der Waals surface area contributed by atoms with Crippen molar-refractivity contribution in [2.24, 2.45) is 0 Å². The summed E-state index contributed by atoms with van der Waals surface area (Å²) in [4.78, 5) is 18.6. The predicted octanol–water partition coefficient (Wildman–Crippen LogP) is 1.80. The molecule has 0 bridgehead atoms. The molecule has 5 heteroatoms. The Labute approximate surface area is 115 Å². The quantitative estimate of drug-likeness (QED) is 0.779. The Kier molecular flexibility index (Phi) is 6.56. The third kappa shape index (κ3) is 4.67. The molecule has 0 fully saturated rings. The molecule has 1 heterocycles. The molecule has 0 aliphatic rings. The predicted molar refractivity (Wildman–Crippen MR) is 79.7 cm³/mol. The second-order valence-electron chi connectivity index (χ2n) is 4.81. The Hall–Kier alpha value is -1.36. The normalized spacial score (nSPS) is 12.7. The van der Waals surface area contributed by atoms with Crippen LogP contribution >= 0.6 is 0 Å². The Morgan fingerprint density at radius 3 is 2.63 bits per heavy atom. The molecule has 0 saturated heterocycles. The van der Waals surface area contributed by atoms with Crippen molar-refractivity contribution in [1.82, 2.24) is 14.5 Å². The zero-order chi connectivity index (χ0) is 14.3. The van der Waals surface area contributed by atoms with Gasteiger partial charge in [-0.2, -0.15) is 0 Å². The molecule has 0 spiro atoms. The summed E-state index contributed by atoms with van der Waals surface area (Å²) < 4.78 is 1.71. The van der Waals surface area contributed by atoms with Gasteiger partial charge in [0, 0.05) is 31.5 Å². The smallest absolute Gasteiger partial charge is 0.293 e. The summed E-state index contributed by atoms with van der Waals surface area (Å²) in [6, 6.07) is 0.206. The van der Waals surface area contributed by atoms with Gasteiger partial charge in [0.1, 0.15) is 0 Å². The molecule has 1 N–H and O–H groups in total. The average molecular weight is 266 g/mol. The molecule has 1 aromatic rings. The molecule has 1 rings (SSSR count). The molecule has 5 nitrogen and oxygen atoms in total. The van der Waals surface area contributed by atoms with Gasteiger partial charge in [0.05, 0.1) is 0 Å². The monoisotopic (exact) mass is 266 g/mol. The number of nitrogens with zero attached hydrogens (tertiary/aromatic N) is 3. The third-order valence-electron chi connectivity index (χ3n) is 3.19. The van der Waals surface area contributed by atoms with Gasteiger partial charge in [-0.3, -0.25) is 4.79 Å². The highest BCUT2D eigenvalue weighted by Crippen LogP contribution is 2.00. The number of aromatic nitrogens is 2. The van der Waals surface area contributed by atoms with E-state index in [2.05, 4.69) is 42.9 Å². The van der Waals surface area contributed by atoms with Crippen molar-refractivity contribution in [3.63, 3.8) is 0 Å². The van der Waals surface area contributed by atoms with Crippen LogP contribution in [0.1, 0.15) is 34.1 Å². The van der Waals surface area contributed by atoms with E-state index in [4.69, 9.17) is 0 Å². The van der Waals surface area contributed by atoms with Gasteiger partial charge in [0.2, 0.25) is 0 Å². The molecule has 1 aromatic heterocycles. The van der Waals surface area contributed by atoms with E-state index < -0.39 is 0 Å². The molecule has 1 atom stereocenters. The minimum Gasteiger partial charge on any atom is -0.362 e. The van der Waals surface area contributed by atoms with Crippen LogP contribution in [0.25, 0.3) is 0 Å². The molecule has 0 aliphatic heterocycles. The van der Waals surface area contributed by atoms with Crippen molar-refractivity contribution < 1.29 is 0 Å². The minimum absolute atomic E-state index is 0.0317. The number of rotatable bonds is 8. The van der Waals surface area contributed by atoms with Gasteiger partial charge in [0.15, 0.2) is 5.82 Å². The van der Waals surface area contributed by atoms with E-state index >= 15 is 0 Å². The number of nitrogens with one attached hydrogen (secondary N) is 1. The third-order valence-corrected chi connectivity index (χ3v) is 3.19. The lowest BCUT2D eigenvalue weighted by molar-refractivity contribution is 0.294. The van der Waals surface area contributed by atoms with Crippen LogP contribution in [0.3, 0.4) is 0 Å². The first kappa shape index (κ1) is 15.7. The number of likely N-dealkylation sites (N-methyl/N-ethyl adjacent to an activating group) is 1. The number of aryl methyl sites for hydroxylation is 1. The highest BCUT2D eigenvalue weighted by Gasteiger charge is 2.10. The summed E-state index contributed by atoms with van der Waals surface area (Å²) in [5, 5.41) is 3.22. The second kappa shape index (κ2) is 7.94. The van der Waals surface area contributed by atoms with Gasteiger partial charge in [0.25, 0.3) is 5.56 Å². The minimum atomic E-state index is -0.0317. The lowest BCUT2D eigenvalue weighted by Crippen LogP contribution is -2.37. The fourth-order valence-corrected chi connectivity index (χ4v) is 2.11. The summed E-state index contributed by atoms with van der Waals surface area (Å²) >= 11 is 0. The highest BCUT2D eigenvalue weighted by molar-refractivity contribution is 5.32. The van der Waals surface area contributed by atoms with Crippen LogP contribution in [-0.2, 0) is 6.54 Å². The lowest BCUT2D eigenvalue weighted by Gasteiger charge is -2.23. The Morgan fingerprint density at radius 2 is 2.05 bits per heavy atom. The first-order valence-corrected chi connectivity index (χ1v) is 7.16. The van der Waals surface area contributed by atoms with Gasteiger partial charge in [-0.25, -0.2) is 4.98 Å². The summed E-state index contributed by atoms with van der Waals surface area (Å²) in [5.74, 6) is 0.454. The highest BCUT2D eigenvalue weighted by atomic mass is 16.1. The summed E-state index contributed by atoms with van der Waals surface area (Å²) in [5.41, 5.74) is -0.0317. The van der Waals surface area contributed by atoms with Crippen molar-refractivity contribution in [3.8, 4) is 0 Å². The van der Waals surface area contributed by atoms with Crippen LogP contribution in [0, 0.1) is 0 Å². The zero-order valence-electron chi connectivity index (χ0n) is 12.5. The van der Waals surface area contributed by atoms with Crippen molar-refractivity contribution in [2.75, 3.05) is 25.0 Å². The Bertz CT molecular complexity index is 426. The largest absolute Gasteiger partial charge is 0.362 e. The van der Waals surface area contributed by atoms with E-state index in [9.17, 15) is 4.79 Å². The molecule has 0 amide bonds. The molecular formula is C14H26N4O. The van der Waals surface area contributed by atoms with Crippen molar-refractivity contribution in [1.29, 1.82) is 0 Å². The molecule has 0 radical (unpaired) electrons.